The summed E-state index contributed by atoms with van der Waals surface area (Å²) in [4.78, 5) is 5.07. The average Bonchev–Trinajstić information content (AvgIpc) is 2.87. The van der Waals surface area contributed by atoms with Crippen LogP contribution in [0.25, 0.3) is 0 Å². The number of hydrogen-bond donors (Lipinski definition) is 0. The molecular weight excluding hydrogens is 260 g/mol. The second-order valence-electron chi connectivity index (χ2n) is 3.82. The summed E-state index contributed by atoms with van der Waals surface area (Å²) in [5.74, 6) is 1.48. The van der Waals surface area contributed by atoms with Gasteiger partial charge in [-0.3, -0.25) is 0 Å². The number of ether oxygens (including phenoxy) is 2. The smallest absolute Gasteiger partial charge is 0.140 e. The van der Waals surface area contributed by atoms with Crippen LogP contribution in [0.5, 0.6) is 11.5 Å². The molecule has 98 valence electrons. The van der Waals surface area contributed by atoms with Crippen LogP contribution < -0.4 is 9.47 Å². The Balaban J connectivity index is 2.06. The molecule has 2 rings (SSSR count). The van der Waals surface area contributed by atoms with Gasteiger partial charge in [-0.05, 0) is 18.6 Å². The van der Waals surface area contributed by atoms with Gasteiger partial charge < -0.3 is 9.47 Å². The first-order valence-corrected chi connectivity index (χ1v) is 6.74. The van der Waals surface area contributed by atoms with Gasteiger partial charge in [0.1, 0.15) is 34.1 Å². The van der Waals surface area contributed by atoms with Gasteiger partial charge in [0.05, 0.1) is 12.8 Å². The first-order chi connectivity index (χ1) is 9.26. The van der Waals surface area contributed by atoms with Crippen molar-refractivity contribution in [1.82, 2.24) is 4.98 Å². The maximum Gasteiger partial charge on any atom is 0.140 e. The van der Waals surface area contributed by atoms with Gasteiger partial charge in [0.2, 0.25) is 0 Å². The Morgan fingerprint density at radius 2 is 2.16 bits per heavy atom. The summed E-state index contributed by atoms with van der Waals surface area (Å²) in [5.41, 5.74) is 0.844. The molecule has 0 aliphatic rings. The lowest BCUT2D eigenvalue weighted by Gasteiger charge is -2.05. The summed E-state index contributed by atoms with van der Waals surface area (Å²) in [6.07, 6.45) is 0.762. The number of nitrogens with zero attached hydrogens (tertiary/aromatic N) is 2. The quantitative estimate of drug-likeness (QED) is 0.840. The minimum atomic E-state index is 0.368. The van der Waals surface area contributed by atoms with Gasteiger partial charge in [-0.1, -0.05) is 13.0 Å². The van der Waals surface area contributed by atoms with Crippen LogP contribution in [0.4, 0.5) is 0 Å². The molecule has 4 nitrogen and oxygen atoms in total. The second-order valence-corrected chi connectivity index (χ2v) is 4.90. The largest absolute Gasteiger partial charge is 0.497 e. The van der Waals surface area contributed by atoms with Crippen molar-refractivity contribution in [2.45, 2.75) is 20.0 Å². The van der Waals surface area contributed by atoms with Crippen LogP contribution in [-0.4, -0.2) is 12.1 Å². The summed E-state index contributed by atoms with van der Waals surface area (Å²) in [6.45, 7) is 2.36. The molecule has 0 amide bonds. The van der Waals surface area contributed by atoms with E-state index in [1.165, 1.54) is 11.3 Å². The highest BCUT2D eigenvalue weighted by Crippen LogP contribution is 2.22. The minimum absolute atomic E-state index is 0.368. The van der Waals surface area contributed by atoms with Crippen LogP contribution in [0.3, 0.4) is 0 Å². The van der Waals surface area contributed by atoms with E-state index in [1.54, 1.807) is 7.11 Å². The number of thiazole rings is 1. The number of aryl methyl sites for hydroxylation is 1. The predicted molar refractivity (Wildman–Crippen MR) is 73.5 cm³/mol. The Morgan fingerprint density at radius 1 is 1.37 bits per heavy atom. The van der Waals surface area contributed by atoms with Gasteiger partial charge in [0.25, 0.3) is 0 Å². The fourth-order valence-corrected chi connectivity index (χ4v) is 2.49. The zero-order valence-corrected chi connectivity index (χ0v) is 11.7. The molecule has 1 aromatic heterocycles. The molecule has 0 radical (unpaired) electrons. The first kappa shape index (κ1) is 13.4. The normalized spacial score (nSPS) is 9.95. The van der Waals surface area contributed by atoms with E-state index in [4.69, 9.17) is 14.7 Å². The van der Waals surface area contributed by atoms with Crippen LogP contribution in [0, 0.1) is 11.3 Å². The molecule has 1 aromatic carbocycles. The summed E-state index contributed by atoms with van der Waals surface area (Å²) in [6, 6.07) is 9.58. The molecule has 0 spiro atoms. The summed E-state index contributed by atoms with van der Waals surface area (Å²) >= 11 is 1.38. The van der Waals surface area contributed by atoms with Crippen LogP contribution in [-0.2, 0) is 13.0 Å². The fraction of sp³-hybridized carbons (Fsp3) is 0.286. The Hall–Kier alpha value is -2.06. The highest BCUT2D eigenvalue weighted by atomic mass is 32.1. The van der Waals surface area contributed by atoms with Gasteiger partial charge in [-0.15, -0.1) is 11.3 Å². The average molecular weight is 274 g/mol. The van der Waals surface area contributed by atoms with Gasteiger partial charge in [0.15, 0.2) is 0 Å². The van der Waals surface area contributed by atoms with Crippen LogP contribution in [0.2, 0.25) is 0 Å². The molecule has 0 saturated heterocycles. The molecule has 1 heterocycles. The number of aromatic nitrogens is 1. The van der Waals surface area contributed by atoms with E-state index in [0.29, 0.717) is 11.5 Å². The second kappa shape index (κ2) is 6.21. The van der Waals surface area contributed by atoms with E-state index < -0.39 is 0 Å². The Morgan fingerprint density at radius 3 is 2.79 bits per heavy atom. The van der Waals surface area contributed by atoms with Crippen molar-refractivity contribution in [3.63, 3.8) is 0 Å². The molecule has 19 heavy (non-hydrogen) atoms. The summed E-state index contributed by atoms with van der Waals surface area (Å²) < 4.78 is 10.8. The molecule has 0 unspecified atom stereocenters. The lowest BCUT2D eigenvalue weighted by Crippen LogP contribution is -1.95. The Bertz CT molecular complexity index is 602. The zero-order valence-electron chi connectivity index (χ0n) is 10.8. The van der Waals surface area contributed by atoms with E-state index in [0.717, 1.165) is 28.6 Å². The fourth-order valence-electron chi connectivity index (χ4n) is 1.63. The van der Waals surface area contributed by atoms with Gasteiger partial charge in [-0.25, -0.2) is 4.98 Å². The first-order valence-electron chi connectivity index (χ1n) is 5.92. The van der Waals surface area contributed by atoms with Gasteiger partial charge in [-0.2, -0.15) is 5.26 Å². The lowest BCUT2D eigenvalue weighted by molar-refractivity contribution is 0.303. The molecule has 2 aromatic rings. The summed E-state index contributed by atoms with van der Waals surface area (Å²) in [7, 11) is 1.62. The molecule has 0 saturated carbocycles. The van der Waals surface area contributed by atoms with E-state index >= 15 is 0 Å². The highest BCUT2D eigenvalue weighted by Gasteiger charge is 2.09. The number of methoxy groups -OCH3 is 1. The van der Waals surface area contributed by atoms with Crippen LogP contribution in [0.1, 0.15) is 22.5 Å². The Labute approximate surface area is 116 Å². The number of nitriles is 1. The number of hydrogen-bond acceptors (Lipinski definition) is 5. The van der Waals surface area contributed by atoms with Crippen molar-refractivity contribution in [1.29, 1.82) is 5.26 Å². The van der Waals surface area contributed by atoms with Crippen LogP contribution in [0.15, 0.2) is 24.3 Å². The van der Waals surface area contributed by atoms with Crippen molar-refractivity contribution < 1.29 is 9.47 Å². The third-order valence-corrected chi connectivity index (χ3v) is 3.56. The lowest BCUT2D eigenvalue weighted by atomic mass is 10.3. The van der Waals surface area contributed by atoms with Crippen molar-refractivity contribution in [2.75, 3.05) is 7.11 Å². The van der Waals surface area contributed by atoms with Gasteiger partial charge in [0, 0.05) is 6.07 Å². The molecular formula is C14H14N2O2S. The summed E-state index contributed by atoms with van der Waals surface area (Å²) in [5, 5.41) is 9.80. The van der Waals surface area contributed by atoms with E-state index in [1.807, 2.05) is 31.2 Å². The molecule has 0 aliphatic heterocycles. The highest BCUT2D eigenvalue weighted by molar-refractivity contribution is 7.12. The number of benzene rings is 1. The van der Waals surface area contributed by atoms with Crippen LogP contribution >= 0.6 is 11.3 Å². The maximum absolute atomic E-state index is 8.98. The van der Waals surface area contributed by atoms with Crippen molar-refractivity contribution in [3.8, 4) is 17.6 Å². The van der Waals surface area contributed by atoms with Gasteiger partial charge >= 0.3 is 0 Å². The molecule has 0 N–H and O–H groups in total. The minimum Gasteiger partial charge on any atom is -0.497 e. The molecule has 0 bridgehead atoms. The van der Waals surface area contributed by atoms with Crippen molar-refractivity contribution >= 4 is 11.3 Å². The molecule has 0 aliphatic carbocycles. The molecule has 0 fully saturated rings. The standard InChI is InChI=1S/C14H14N2O2S/c1-3-12-13(8-15)19-14(16-12)9-18-11-6-4-5-10(7-11)17-2/h4-7H,3,9H2,1-2H3. The molecule has 0 atom stereocenters. The van der Waals surface area contributed by atoms with E-state index in [-0.39, 0.29) is 0 Å². The van der Waals surface area contributed by atoms with Crippen molar-refractivity contribution in [2.24, 2.45) is 0 Å². The maximum atomic E-state index is 8.98. The number of rotatable bonds is 5. The zero-order chi connectivity index (χ0) is 13.7. The van der Waals surface area contributed by atoms with E-state index in [2.05, 4.69) is 11.1 Å². The van der Waals surface area contributed by atoms with Crippen molar-refractivity contribution in [3.05, 3.63) is 39.8 Å². The SMILES string of the molecule is CCc1nc(COc2cccc(OC)c2)sc1C#N. The third-order valence-electron chi connectivity index (χ3n) is 2.58. The Kier molecular flexibility index (Phi) is 4.37. The topological polar surface area (TPSA) is 55.1 Å². The molecule has 5 heteroatoms. The van der Waals surface area contributed by atoms with E-state index in [9.17, 15) is 0 Å². The predicted octanol–water partition coefficient (Wildman–Crippen LogP) is 3.16. The monoisotopic (exact) mass is 274 g/mol. The third kappa shape index (κ3) is 3.24.